The van der Waals surface area contributed by atoms with Gasteiger partial charge in [0.2, 0.25) is 6.33 Å². The highest BCUT2D eigenvalue weighted by atomic mass is 15.1. The summed E-state index contributed by atoms with van der Waals surface area (Å²) in [5.41, 5.74) is 0.297. The molecular weight excluding hydrogens is 184 g/mol. The maximum Gasteiger partial charge on any atom is 0.243 e. The van der Waals surface area contributed by atoms with Crippen LogP contribution in [0.3, 0.4) is 0 Å². The Kier molecular flexibility index (Phi) is 3.08. The SMILES string of the molecule is C=CC(C)(C)CC(C)(C)n1cc[n+](C)c1. The highest BCUT2D eigenvalue weighted by Crippen LogP contribution is 2.32. The van der Waals surface area contributed by atoms with E-state index >= 15 is 0 Å². The van der Waals surface area contributed by atoms with Gasteiger partial charge in [-0.1, -0.05) is 19.9 Å². The second kappa shape index (κ2) is 3.84. The Hall–Kier alpha value is -1.05. The van der Waals surface area contributed by atoms with Crippen molar-refractivity contribution >= 4 is 0 Å². The first-order chi connectivity index (χ1) is 6.77. The van der Waals surface area contributed by atoms with Crippen molar-refractivity contribution in [3.63, 3.8) is 0 Å². The van der Waals surface area contributed by atoms with Gasteiger partial charge in [0.1, 0.15) is 17.9 Å². The Labute approximate surface area is 93.2 Å². The van der Waals surface area contributed by atoms with Crippen LogP contribution in [0, 0.1) is 5.41 Å². The van der Waals surface area contributed by atoms with E-state index in [2.05, 4.69) is 62.1 Å². The van der Waals surface area contributed by atoms with Crippen LogP contribution in [-0.4, -0.2) is 4.57 Å². The first-order valence-electron chi connectivity index (χ1n) is 5.44. The van der Waals surface area contributed by atoms with Gasteiger partial charge in [-0.2, -0.15) is 0 Å². The zero-order chi connectivity index (χ0) is 11.7. The van der Waals surface area contributed by atoms with Gasteiger partial charge in [-0.25, -0.2) is 9.13 Å². The highest BCUT2D eigenvalue weighted by molar-refractivity contribution is 4.94. The monoisotopic (exact) mass is 207 g/mol. The van der Waals surface area contributed by atoms with Gasteiger partial charge < -0.3 is 0 Å². The summed E-state index contributed by atoms with van der Waals surface area (Å²) in [7, 11) is 2.05. The topological polar surface area (TPSA) is 8.81 Å². The van der Waals surface area contributed by atoms with Gasteiger partial charge >= 0.3 is 0 Å². The van der Waals surface area contributed by atoms with E-state index in [1.54, 1.807) is 0 Å². The van der Waals surface area contributed by atoms with E-state index in [0.29, 0.717) is 0 Å². The molecule has 0 N–H and O–H groups in total. The average Bonchev–Trinajstić information content (AvgIpc) is 2.51. The van der Waals surface area contributed by atoms with Gasteiger partial charge in [0.15, 0.2) is 0 Å². The summed E-state index contributed by atoms with van der Waals surface area (Å²) in [5.74, 6) is 0. The van der Waals surface area contributed by atoms with Crippen LogP contribution in [0.15, 0.2) is 31.4 Å². The molecule has 0 radical (unpaired) electrons. The fourth-order valence-electron chi connectivity index (χ4n) is 2.09. The van der Waals surface area contributed by atoms with Crippen LogP contribution in [0.1, 0.15) is 34.1 Å². The maximum absolute atomic E-state index is 3.90. The Morgan fingerprint density at radius 2 is 1.93 bits per heavy atom. The van der Waals surface area contributed by atoms with Gasteiger partial charge in [0, 0.05) is 0 Å². The third kappa shape index (κ3) is 2.95. The lowest BCUT2D eigenvalue weighted by atomic mass is 9.80. The number of aromatic nitrogens is 2. The average molecular weight is 207 g/mol. The van der Waals surface area contributed by atoms with E-state index in [9.17, 15) is 0 Å². The molecule has 2 nitrogen and oxygen atoms in total. The molecule has 0 atom stereocenters. The molecule has 0 saturated heterocycles. The molecule has 0 unspecified atom stereocenters. The van der Waals surface area contributed by atoms with Crippen LogP contribution in [0.4, 0.5) is 0 Å². The third-order valence-corrected chi connectivity index (χ3v) is 2.91. The molecule has 0 bridgehead atoms. The van der Waals surface area contributed by atoms with E-state index in [0.717, 1.165) is 6.42 Å². The van der Waals surface area contributed by atoms with Crippen LogP contribution in [0.25, 0.3) is 0 Å². The summed E-state index contributed by atoms with van der Waals surface area (Å²) in [6, 6.07) is 0. The van der Waals surface area contributed by atoms with Crippen molar-refractivity contribution in [1.82, 2.24) is 4.57 Å². The number of hydrogen-bond donors (Lipinski definition) is 0. The molecule has 0 aliphatic rings. The molecule has 15 heavy (non-hydrogen) atoms. The van der Waals surface area contributed by atoms with Crippen LogP contribution >= 0.6 is 0 Å². The Morgan fingerprint density at radius 3 is 2.33 bits per heavy atom. The molecule has 0 aliphatic carbocycles. The van der Waals surface area contributed by atoms with Crippen molar-refractivity contribution in [2.45, 2.75) is 39.7 Å². The van der Waals surface area contributed by atoms with Gasteiger partial charge in [0.25, 0.3) is 0 Å². The number of aryl methyl sites for hydroxylation is 1. The van der Waals surface area contributed by atoms with Crippen LogP contribution in [0.2, 0.25) is 0 Å². The minimum Gasteiger partial charge on any atom is -0.240 e. The van der Waals surface area contributed by atoms with Crippen molar-refractivity contribution in [1.29, 1.82) is 0 Å². The Bertz CT molecular complexity index is 345. The lowest BCUT2D eigenvalue weighted by molar-refractivity contribution is -0.671. The first-order valence-corrected chi connectivity index (χ1v) is 5.44. The summed E-state index contributed by atoms with van der Waals surface area (Å²) in [6.07, 6.45) is 9.44. The minimum atomic E-state index is 0.124. The van der Waals surface area contributed by atoms with E-state index in [1.165, 1.54) is 0 Å². The summed E-state index contributed by atoms with van der Waals surface area (Å²) < 4.78 is 4.33. The predicted octanol–water partition coefficient (Wildman–Crippen LogP) is 2.65. The van der Waals surface area contributed by atoms with Gasteiger partial charge in [-0.3, -0.25) is 0 Å². The second-order valence-corrected chi connectivity index (χ2v) is 5.67. The molecule has 1 aromatic rings. The number of imidazole rings is 1. The van der Waals surface area contributed by atoms with E-state index < -0.39 is 0 Å². The summed E-state index contributed by atoms with van der Waals surface area (Å²) in [4.78, 5) is 0. The molecule has 2 heteroatoms. The van der Waals surface area contributed by atoms with Crippen molar-refractivity contribution in [3.05, 3.63) is 31.4 Å². The molecule has 1 heterocycles. The number of rotatable bonds is 4. The quantitative estimate of drug-likeness (QED) is 0.530. The van der Waals surface area contributed by atoms with Gasteiger partial charge in [-0.05, 0) is 25.7 Å². The van der Waals surface area contributed by atoms with E-state index in [-0.39, 0.29) is 11.0 Å². The van der Waals surface area contributed by atoms with Crippen LogP contribution in [-0.2, 0) is 12.6 Å². The van der Waals surface area contributed by atoms with Crippen molar-refractivity contribution in [2.75, 3.05) is 0 Å². The maximum atomic E-state index is 3.90. The number of nitrogens with zero attached hydrogens (tertiary/aromatic N) is 2. The molecule has 0 saturated carbocycles. The molecule has 1 rings (SSSR count). The molecule has 0 aliphatic heterocycles. The molecule has 0 aromatic carbocycles. The molecule has 0 spiro atoms. The van der Waals surface area contributed by atoms with Crippen molar-refractivity contribution in [2.24, 2.45) is 12.5 Å². The largest absolute Gasteiger partial charge is 0.243 e. The second-order valence-electron chi connectivity index (χ2n) is 5.67. The first kappa shape index (κ1) is 12.0. The summed E-state index contributed by atoms with van der Waals surface area (Å²) in [6.45, 7) is 12.9. The van der Waals surface area contributed by atoms with E-state index in [4.69, 9.17) is 0 Å². The van der Waals surface area contributed by atoms with E-state index in [1.807, 2.05) is 13.1 Å². The number of hydrogen-bond acceptors (Lipinski definition) is 0. The lowest BCUT2D eigenvalue weighted by Crippen LogP contribution is -2.33. The smallest absolute Gasteiger partial charge is 0.240 e. The Morgan fingerprint density at radius 1 is 1.33 bits per heavy atom. The summed E-state index contributed by atoms with van der Waals surface area (Å²) in [5, 5.41) is 0. The van der Waals surface area contributed by atoms with Crippen molar-refractivity contribution < 1.29 is 4.57 Å². The van der Waals surface area contributed by atoms with Gasteiger partial charge in [-0.15, -0.1) is 6.58 Å². The van der Waals surface area contributed by atoms with Crippen LogP contribution < -0.4 is 4.57 Å². The van der Waals surface area contributed by atoms with Crippen LogP contribution in [0.5, 0.6) is 0 Å². The minimum absolute atomic E-state index is 0.124. The lowest BCUT2D eigenvalue weighted by Gasteiger charge is -2.30. The predicted molar refractivity (Wildman–Crippen MR) is 63.5 cm³/mol. The molecule has 84 valence electrons. The molecular formula is C13H23N2+. The molecule has 0 amide bonds. The molecule has 0 fully saturated rings. The fourth-order valence-corrected chi connectivity index (χ4v) is 2.09. The molecule has 1 aromatic heterocycles. The zero-order valence-corrected chi connectivity index (χ0v) is 10.6. The highest BCUT2D eigenvalue weighted by Gasteiger charge is 2.31. The zero-order valence-electron chi connectivity index (χ0n) is 10.6. The normalized spacial score (nSPS) is 12.9. The Balaban J connectivity index is 2.88. The third-order valence-electron chi connectivity index (χ3n) is 2.91. The van der Waals surface area contributed by atoms with Crippen molar-refractivity contribution in [3.8, 4) is 0 Å². The fraction of sp³-hybridized carbons (Fsp3) is 0.615. The number of allylic oxidation sites excluding steroid dienone is 1. The standard InChI is InChI=1S/C13H23N2/c1-7-12(2,3)10-13(4,5)15-9-8-14(6)11-15/h7-9,11H,1,10H2,2-6H3/q+1. The van der Waals surface area contributed by atoms with Gasteiger partial charge in [0.05, 0.1) is 7.05 Å². The summed E-state index contributed by atoms with van der Waals surface area (Å²) >= 11 is 0.